The van der Waals surface area contributed by atoms with E-state index in [0.717, 1.165) is 5.56 Å². The summed E-state index contributed by atoms with van der Waals surface area (Å²) in [7, 11) is 0. The Morgan fingerprint density at radius 2 is 1.80 bits per heavy atom. The zero-order chi connectivity index (χ0) is 7.56. The number of rotatable bonds is 1. The van der Waals surface area contributed by atoms with E-state index in [0.29, 0.717) is 0 Å². The van der Waals surface area contributed by atoms with Crippen LogP contribution in [0.4, 0.5) is 0 Å². The number of hydrogen-bond acceptors (Lipinski definition) is 1. The van der Waals surface area contributed by atoms with Gasteiger partial charge in [-0.1, -0.05) is 0 Å². The molecule has 0 aliphatic rings. The molecule has 0 unspecified atom stereocenters. The van der Waals surface area contributed by atoms with Crippen LogP contribution in [0, 0.1) is 6.92 Å². The van der Waals surface area contributed by atoms with Crippen LogP contribution >= 0.6 is 0 Å². The molecule has 1 aromatic carbocycles. The Morgan fingerprint density at radius 3 is 2.20 bits per heavy atom. The predicted molar refractivity (Wildman–Crippen MR) is 41.3 cm³/mol. The number of aryl methyl sites for hydroxylation is 1. The van der Waals surface area contributed by atoms with Gasteiger partial charge < -0.3 is 0 Å². The van der Waals surface area contributed by atoms with Crippen molar-refractivity contribution in [2.75, 3.05) is 0 Å². The summed E-state index contributed by atoms with van der Waals surface area (Å²) in [6.07, 6.45) is 0. The molecular weight excluding hydrogens is 240 g/mol. The summed E-state index contributed by atoms with van der Waals surface area (Å²) in [6.45, 7) is 2.00. The molecule has 0 saturated heterocycles. The van der Waals surface area contributed by atoms with Crippen molar-refractivity contribution >= 4 is 26.1 Å². The van der Waals surface area contributed by atoms with Crippen molar-refractivity contribution in [3.8, 4) is 0 Å². The maximum atomic E-state index is 10.8. The molecule has 0 aliphatic heterocycles. The van der Waals surface area contributed by atoms with Gasteiger partial charge in [0.2, 0.25) is 0 Å². The summed E-state index contributed by atoms with van der Waals surface area (Å²) in [4.78, 5) is 10.8. The third-order valence-electron chi connectivity index (χ3n) is 1.29. The molecule has 0 atom stereocenters. The molecule has 0 N–H and O–H groups in total. The second-order valence-corrected chi connectivity index (χ2v) is 3.21. The van der Waals surface area contributed by atoms with Gasteiger partial charge in [-0.2, -0.15) is 0 Å². The minimum absolute atomic E-state index is 0.135. The molecule has 1 radical (unpaired) electrons. The van der Waals surface area contributed by atoms with E-state index in [-0.39, 0.29) is 3.83 Å². The molecule has 1 rings (SSSR count). The first-order chi connectivity index (χ1) is 4.70. The number of carbonyl (C=O) groups excluding carboxylic acids is 1. The van der Waals surface area contributed by atoms with E-state index >= 15 is 0 Å². The molecule has 0 fully saturated rings. The molecule has 2 heteroatoms. The monoisotopic (exact) mass is 249 g/mol. The topological polar surface area (TPSA) is 17.1 Å². The van der Waals surface area contributed by atoms with Crippen LogP contribution in [0.15, 0.2) is 24.3 Å². The quantitative estimate of drug-likeness (QED) is 0.683. The van der Waals surface area contributed by atoms with E-state index in [1.54, 1.807) is 0 Å². The molecule has 0 heterocycles. The zero-order valence-electron chi connectivity index (χ0n) is 5.63. The molecule has 51 valence electrons. The average molecular weight is 247 g/mol. The van der Waals surface area contributed by atoms with Crippen LogP contribution in [0.2, 0.25) is 0 Å². The summed E-state index contributed by atoms with van der Waals surface area (Å²) in [5.74, 6) is 0. The first-order valence-electron chi connectivity index (χ1n) is 2.98. The number of hydrogen-bond donors (Lipinski definition) is 0. The van der Waals surface area contributed by atoms with E-state index < -0.39 is 0 Å². The van der Waals surface area contributed by atoms with Gasteiger partial charge in [-0.15, -0.1) is 0 Å². The average Bonchev–Trinajstić information content (AvgIpc) is 1.88. The maximum absolute atomic E-state index is 10.8. The Labute approximate surface area is 73.3 Å². The predicted octanol–water partition coefficient (Wildman–Crippen LogP) is 1.30. The summed E-state index contributed by atoms with van der Waals surface area (Å²) >= 11 is 1.51. The van der Waals surface area contributed by atoms with Crippen LogP contribution in [0.5, 0.6) is 0 Å². The third kappa shape index (κ3) is 1.83. The Kier molecular flexibility index (Phi) is 2.48. The van der Waals surface area contributed by atoms with Crippen molar-refractivity contribution in [3.63, 3.8) is 0 Å². The van der Waals surface area contributed by atoms with Crippen molar-refractivity contribution in [2.45, 2.75) is 6.92 Å². The van der Waals surface area contributed by atoms with E-state index in [1.807, 2.05) is 31.2 Å². The van der Waals surface area contributed by atoms with Crippen LogP contribution in [0.3, 0.4) is 0 Å². The van der Waals surface area contributed by atoms with Gasteiger partial charge in [0, 0.05) is 0 Å². The van der Waals surface area contributed by atoms with Crippen LogP contribution in [-0.2, 0) is 0 Å². The van der Waals surface area contributed by atoms with Gasteiger partial charge in [-0.25, -0.2) is 0 Å². The van der Waals surface area contributed by atoms with Gasteiger partial charge in [-0.05, 0) is 0 Å². The van der Waals surface area contributed by atoms with Crippen LogP contribution in [-0.4, -0.2) is 26.1 Å². The Morgan fingerprint density at radius 1 is 1.30 bits per heavy atom. The Balaban J connectivity index is 3.00. The van der Waals surface area contributed by atoms with Crippen LogP contribution in [0.1, 0.15) is 15.9 Å². The molecule has 1 nitrogen and oxygen atoms in total. The summed E-state index contributed by atoms with van der Waals surface area (Å²) in [5, 5.41) is 0. The van der Waals surface area contributed by atoms with Crippen molar-refractivity contribution < 1.29 is 4.79 Å². The van der Waals surface area contributed by atoms with Gasteiger partial charge in [0.1, 0.15) is 0 Å². The van der Waals surface area contributed by atoms with Crippen molar-refractivity contribution in [1.82, 2.24) is 0 Å². The van der Waals surface area contributed by atoms with Crippen molar-refractivity contribution in [2.24, 2.45) is 0 Å². The fourth-order valence-corrected chi connectivity index (χ4v) is 1.08. The van der Waals surface area contributed by atoms with Gasteiger partial charge in [0.25, 0.3) is 0 Å². The second-order valence-electron chi connectivity index (χ2n) is 2.15. The molecule has 0 aromatic heterocycles. The van der Waals surface area contributed by atoms with E-state index in [4.69, 9.17) is 0 Å². The van der Waals surface area contributed by atoms with E-state index in [1.165, 1.54) is 27.9 Å². The molecular formula is C8H7OTe. The van der Waals surface area contributed by atoms with E-state index in [9.17, 15) is 4.79 Å². The van der Waals surface area contributed by atoms with Crippen LogP contribution in [0.25, 0.3) is 0 Å². The molecule has 0 saturated carbocycles. The first kappa shape index (κ1) is 7.78. The Hall–Kier alpha value is -0.320. The fourth-order valence-electron chi connectivity index (χ4n) is 0.690. The fraction of sp³-hybridized carbons (Fsp3) is 0.125. The first-order valence-corrected chi connectivity index (χ1v) is 4.14. The minimum atomic E-state index is 0.135. The molecule has 0 amide bonds. The summed E-state index contributed by atoms with van der Waals surface area (Å²) < 4.78 is 0.135. The molecule has 0 aliphatic carbocycles. The summed E-state index contributed by atoms with van der Waals surface area (Å²) in [5.41, 5.74) is 1.97. The molecule has 1 aromatic rings. The Bertz CT molecular complexity index is 238. The van der Waals surface area contributed by atoms with E-state index in [2.05, 4.69) is 0 Å². The van der Waals surface area contributed by atoms with Crippen LogP contribution < -0.4 is 0 Å². The summed E-state index contributed by atoms with van der Waals surface area (Å²) in [6, 6.07) is 7.58. The van der Waals surface area contributed by atoms with Gasteiger partial charge >= 0.3 is 73.2 Å². The normalized spacial score (nSPS) is 9.30. The number of carbonyl (C=O) groups is 1. The van der Waals surface area contributed by atoms with Crippen molar-refractivity contribution in [3.05, 3.63) is 35.4 Å². The van der Waals surface area contributed by atoms with Gasteiger partial charge in [0.05, 0.1) is 0 Å². The molecule has 10 heavy (non-hydrogen) atoms. The SMILES string of the molecule is Cc1ccc(C(=O)[Te])cc1. The number of benzene rings is 1. The molecule has 0 bridgehead atoms. The van der Waals surface area contributed by atoms with Gasteiger partial charge in [-0.3, -0.25) is 0 Å². The van der Waals surface area contributed by atoms with Gasteiger partial charge in [0.15, 0.2) is 0 Å². The van der Waals surface area contributed by atoms with Crippen molar-refractivity contribution in [1.29, 1.82) is 0 Å². The third-order valence-corrected chi connectivity index (χ3v) is 1.96. The standard InChI is InChI=1S/C8H7OTe/c1-6-2-4-7(5-3-6)8(9)10/h2-5H,1H3. The second kappa shape index (κ2) is 3.18. The molecule has 0 spiro atoms. The zero-order valence-corrected chi connectivity index (χ0v) is 7.96.